The molecule has 0 aromatic carbocycles. The molecule has 0 unspecified atom stereocenters. The molecule has 0 aromatic heterocycles. The summed E-state index contributed by atoms with van der Waals surface area (Å²) in [5.74, 6) is 0.533. The lowest BCUT2D eigenvalue weighted by Gasteiger charge is -2.27. The van der Waals surface area contributed by atoms with Crippen molar-refractivity contribution in [3.05, 3.63) is 0 Å². The predicted octanol–water partition coefficient (Wildman–Crippen LogP) is -0.374. The van der Waals surface area contributed by atoms with E-state index in [1.807, 2.05) is 0 Å². The van der Waals surface area contributed by atoms with E-state index in [9.17, 15) is 4.79 Å². The first kappa shape index (κ1) is 14.4. The predicted molar refractivity (Wildman–Crippen MR) is 65.5 cm³/mol. The Hall–Kier alpha value is -0.650. The van der Waals surface area contributed by atoms with Crippen LogP contribution in [0.1, 0.15) is 32.6 Å². The highest BCUT2D eigenvalue weighted by Gasteiger charge is 2.24. The van der Waals surface area contributed by atoms with Crippen LogP contribution < -0.4 is 10.6 Å². The summed E-state index contributed by atoms with van der Waals surface area (Å²) >= 11 is 0. The molecule has 0 spiro atoms. The van der Waals surface area contributed by atoms with Crippen molar-refractivity contribution in [2.24, 2.45) is 5.92 Å². The lowest BCUT2D eigenvalue weighted by molar-refractivity contribution is -0.124. The molecule has 100 valence electrons. The highest BCUT2D eigenvalue weighted by atomic mass is 16.3. The Bertz CT molecular complexity index is 236. The van der Waals surface area contributed by atoms with Crippen molar-refractivity contribution in [3.8, 4) is 0 Å². The standard InChI is InChI=1S/C12H24N2O3/c1-12(8-15,9-16)14-11(17)3-2-10-4-6-13-7-5-10/h10,13,15-16H,2-9H2,1H3,(H,14,17). The van der Waals surface area contributed by atoms with Crippen LogP contribution in [0.3, 0.4) is 0 Å². The van der Waals surface area contributed by atoms with Crippen LogP contribution in [-0.4, -0.2) is 48.0 Å². The van der Waals surface area contributed by atoms with Gasteiger partial charge >= 0.3 is 0 Å². The SMILES string of the molecule is CC(CO)(CO)NC(=O)CCC1CCNCC1. The Morgan fingerprint density at radius 3 is 2.47 bits per heavy atom. The summed E-state index contributed by atoms with van der Waals surface area (Å²) < 4.78 is 0. The Balaban J connectivity index is 2.24. The quantitative estimate of drug-likeness (QED) is 0.514. The summed E-state index contributed by atoms with van der Waals surface area (Å²) in [6, 6.07) is 0. The average molecular weight is 244 g/mol. The van der Waals surface area contributed by atoms with Gasteiger partial charge < -0.3 is 20.8 Å². The number of aliphatic hydroxyl groups is 2. The summed E-state index contributed by atoms with van der Waals surface area (Å²) in [4.78, 5) is 11.7. The molecule has 17 heavy (non-hydrogen) atoms. The topological polar surface area (TPSA) is 81.6 Å². The zero-order valence-electron chi connectivity index (χ0n) is 10.5. The van der Waals surface area contributed by atoms with E-state index in [0.29, 0.717) is 12.3 Å². The van der Waals surface area contributed by atoms with Gasteiger partial charge in [0.05, 0.1) is 18.8 Å². The molecule has 0 atom stereocenters. The fourth-order valence-corrected chi connectivity index (χ4v) is 2.03. The number of carbonyl (C=O) groups is 1. The van der Waals surface area contributed by atoms with Crippen molar-refractivity contribution >= 4 is 5.91 Å². The van der Waals surface area contributed by atoms with Gasteiger partial charge in [-0.05, 0) is 45.2 Å². The van der Waals surface area contributed by atoms with E-state index in [4.69, 9.17) is 10.2 Å². The lowest BCUT2D eigenvalue weighted by atomic mass is 9.93. The van der Waals surface area contributed by atoms with E-state index in [0.717, 1.165) is 32.4 Å². The van der Waals surface area contributed by atoms with E-state index in [1.54, 1.807) is 6.92 Å². The molecule has 0 aliphatic carbocycles. The van der Waals surface area contributed by atoms with Gasteiger partial charge in [0.25, 0.3) is 0 Å². The molecule has 0 aromatic rings. The molecule has 0 bridgehead atoms. The van der Waals surface area contributed by atoms with Gasteiger partial charge in [0.1, 0.15) is 0 Å². The Kier molecular flexibility index (Phi) is 5.88. The molecule has 0 saturated carbocycles. The molecule has 4 N–H and O–H groups in total. The average Bonchev–Trinajstić information content (AvgIpc) is 2.37. The molecule has 1 fully saturated rings. The molecule has 5 nitrogen and oxygen atoms in total. The van der Waals surface area contributed by atoms with Crippen LogP contribution in [0, 0.1) is 5.92 Å². The van der Waals surface area contributed by atoms with Crippen LogP contribution in [0.4, 0.5) is 0 Å². The first-order chi connectivity index (χ1) is 8.09. The van der Waals surface area contributed by atoms with E-state index >= 15 is 0 Å². The highest BCUT2D eigenvalue weighted by molar-refractivity contribution is 5.76. The number of carbonyl (C=O) groups excluding carboxylic acids is 1. The third-order valence-electron chi connectivity index (χ3n) is 3.38. The van der Waals surface area contributed by atoms with E-state index in [2.05, 4.69) is 10.6 Å². The molecule has 1 saturated heterocycles. The van der Waals surface area contributed by atoms with Crippen molar-refractivity contribution in [2.75, 3.05) is 26.3 Å². The Labute approximate surface area is 103 Å². The molecular weight excluding hydrogens is 220 g/mol. The van der Waals surface area contributed by atoms with E-state index in [-0.39, 0.29) is 19.1 Å². The summed E-state index contributed by atoms with van der Waals surface area (Å²) in [6.45, 7) is 3.22. The second-order valence-electron chi connectivity index (χ2n) is 5.16. The monoisotopic (exact) mass is 244 g/mol. The van der Waals surface area contributed by atoms with Gasteiger partial charge in [0.15, 0.2) is 0 Å². The van der Waals surface area contributed by atoms with Gasteiger partial charge in [-0.3, -0.25) is 4.79 Å². The number of piperidine rings is 1. The summed E-state index contributed by atoms with van der Waals surface area (Å²) in [7, 11) is 0. The highest BCUT2D eigenvalue weighted by Crippen LogP contribution is 2.17. The smallest absolute Gasteiger partial charge is 0.220 e. The maximum absolute atomic E-state index is 11.7. The third-order valence-corrected chi connectivity index (χ3v) is 3.38. The molecule has 1 aliphatic rings. The van der Waals surface area contributed by atoms with E-state index in [1.165, 1.54) is 0 Å². The molecule has 1 amide bonds. The number of aliphatic hydroxyl groups excluding tert-OH is 2. The molecule has 0 radical (unpaired) electrons. The van der Waals surface area contributed by atoms with Crippen molar-refractivity contribution < 1.29 is 15.0 Å². The van der Waals surface area contributed by atoms with Gasteiger partial charge in [-0.15, -0.1) is 0 Å². The number of nitrogens with one attached hydrogen (secondary N) is 2. The van der Waals surface area contributed by atoms with Crippen LogP contribution in [0.25, 0.3) is 0 Å². The number of hydrogen-bond donors (Lipinski definition) is 4. The molecular formula is C12H24N2O3. The van der Waals surface area contributed by atoms with Crippen LogP contribution in [0.15, 0.2) is 0 Å². The minimum absolute atomic E-state index is 0.0888. The van der Waals surface area contributed by atoms with Crippen molar-refractivity contribution in [3.63, 3.8) is 0 Å². The Morgan fingerprint density at radius 2 is 1.94 bits per heavy atom. The normalized spacial score (nSPS) is 18.1. The largest absolute Gasteiger partial charge is 0.394 e. The second-order valence-corrected chi connectivity index (χ2v) is 5.16. The van der Waals surface area contributed by atoms with Gasteiger partial charge in [-0.2, -0.15) is 0 Å². The minimum Gasteiger partial charge on any atom is -0.394 e. The lowest BCUT2D eigenvalue weighted by Crippen LogP contribution is -2.51. The fraction of sp³-hybridized carbons (Fsp3) is 0.917. The number of rotatable bonds is 6. The molecule has 1 heterocycles. The van der Waals surface area contributed by atoms with Crippen molar-refractivity contribution in [1.82, 2.24) is 10.6 Å². The molecule has 1 rings (SSSR count). The van der Waals surface area contributed by atoms with Gasteiger partial charge in [0, 0.05) is 6.42 Å². The minimum atomic E-state index is -0.898. The maximum atomic E-state index is 11.7. The molecule has 5 heteroatoms. The van der Waals surface area contributed by atoms with Gasteiger partial charge in [0.2, 0.25) is 5.91 Å². The summed E-state index contributed by atoms with van der Waals surface area (Å²) in [5, 5.41) is 24.1. The van der Waals surface area contributed by atoms with Crippen LogP contribution in [0.2, 0.25) is 0 Å². The first-order valence-corrected chi connectivity index (χ1v) is 6.33. The number of amides is 1. The van der Waals surface area contributed by atoms with Crippen LogP contribution >= 0.6 is 0 Å². The van der Waals surface area contributed by atoms with Crippen LogP contribution in [0.5, 0.6) is 0 Å². The maximum Gasteiger partial charge on any atom is 0.220 e. The Morgan fingerprint density at radius 1 is 1.35 bits per heavy atom. The molecule has 1 aliphatic heterocycles. The second kappa shape index (κ2) is 6.93. The van der Waals surface area contributed by atoms with Crippen molar-refractivity contribution in [1.29, 1.82) is 0 Å². The van der Waals surface area contributed by atoms with E-state index < -0.39 is 5.54 Å². The summed E-state index contributed by atoms with van der Waals surface area (Å²) in [6.07, 6.45) is 3.62. The van der Waals surface area contributed by atoms with Crippen LogP contribution in [-0.2, 0) is 4.79 Å². The zero-order chi connectivity index (χ0) is 12.7. The van der Waals surface area contributed by atoms with Gasteiger partial charge in [-0.25, -0.2) is 0 Å². The first-order valence-electron chi connectivity index (χ1n) is 6.33. The number of hydrogen-bond acceptors (Lipinski definition) is 4. The fourth-order valence-electron chi connectivity index (χ4n) is 2.03. The zero-order valence-corrected chi connectivity index (χ0v) is 10.5. The third kappa shape index (κ3) is 5.02. The van der Waals surface area contributed by atoms with Crippen molar-refractivity contribution in [2.45, 2.75) is 38.1 Å². The summed E-state index contributed by atoms with van der Waals surface area (Å²) in [5.41, 5.74) is -0.898. The van der Waals surface area contributed by atoms with Gasteiger partial charge in [-0.1, -0.05) is 0 Å².